The highest BCUT2D eigenvalue weighted by Crippen LogP contribution is 2.19. The molecule has 1 aliphatic rings. The van der Waals surface area contributed by atoms with Gasteiger partial charge in [-0.05, 0) is 46.7 Å². The van der Waals surface area contributed by atoms with Gasteiger partial charge in [-0.25, -0.2) is 0 Å². The Balaban J connectivity index is 1.77. The summed E-state index contributed by atoms with van der Waals surface area (Å²) in [6, 6.07) is 0.668. The minimum atomic E-state index is 0.0947. The van der Waals surface area contributed by atoms with Crippen molar-refractivity contribution in [3.8, 4) is 0 Å². The van der Waals surface area contributed by atoms with Crippen molar-refractivity contribution in [1.82, 2.24) is 20.2 Å². The van der Waals surface area contributed by atoms with Crippen LogP contribution in [0.3, 0.4) is 0 Å². The number of nitrogens with zero attached hydrogens (tertiary/aromatic N) is 3. The fourth-order valence-corrected chi connectivity index (χ4v) is 2.84. The molecule has 0 aromatic carbocycles. The third kappa shape index (κ3) is 4.77. The fraction of sp³-hybridized carbons (Fsp3) is 0.688. The van der Waals surface area contributed by atoms with Crippen LogP contribution >= 0.6 is 0 Å². The van der Waals surface area contributed by atoms with Crippen LogP contribution in [0.25, 0.3) is 0 Å². The largest absolute Gasteiger partial charge is 0.353 e. The molecular formula is C16H26N4O. The first-order valence-corrected chi connectivity index (χ1v) is 7.85. The van der Waals surface area contributed by atoms with Gasteiger partial charge in [0.2, 0.25) is 5.91 Å². The summed E-state index contributed by atoms with van der Waals surface area (Å²) in [5, 5.41) is 3.12. The molecule has 0 unspecified atom stereocenters. The summed E-state index contributed by atoms with van der Waals surface area (Å²) >= 11 is 0. The first-order chi connectivity index (χ1) is 10.1. The van der Waals surface area contributed by atoms with E-state index in [1.54, 1.807) is 18.6 Å². The summed E-state index contributed by atoms with van der Waals surface area (Å²) in [7, 11) is 0. The topological polar surface area (TPSA) is 58.1 Å². The van der Waals surface area contributed by atoms with Crippen LogP contribution in [-0.4, -0.2) is 45.9 Å². The summed E-state index contributed by atoms with van der Waals surface area (Å²) in [6.45, 7) is 8.49. The molecule has 116 valence electrons. The molecule has 0 bridgehead atoms. The molecular weight excluding hydrogens is 264 g/mol. The van der Waals surface area contributed by atoms with Gasteiger partial charge in [-0.15, -0.1) is 0 Å². The van der Waals surface area contributed by atoms with E-state index in [1.165, 1.54) is 0 Å². The summed E-state index contributed by atoms with van der Waals surface area (Å²) in [5.74, 6) is 0.346. The number of rotatable bonds is 5. The van der Waals surface area contributed by atoms with Crippen molar-refractivity contribution < 1.29 is 4.79 Å². The Morgan fingerprint density at radius 2 is 2.05 bits per heavy atom. The molecule has 21 heavy (non-hydrogen) atoms. The second kappa shape index (κ2) is 7.50. The summed E-state index contributed by atoms with van der Waals surface area (Å²) in [4.78, 5) is 23.0. The highest BCUT2D eigenvalue weighted by Gasteiger charge is 2.26. The molecule has 1 saturated heterocycles. The fourth-order valence-electron chi connectivity index (χ4n) is 2.84. The van der Waals surface area contributed by atoms with E-state index in [0.29, 0.717) is 6.04 Å². The average molecular weight is 290 g/mol. The van der Waals surface area contributed by atoms with Crippen LogP contribution in [0.2, 0.25) is 0 Å². The van der Waals surface area contributed by atoms with Crippen LogP contribution in [0.1, 0.15) is 39.3 Å². The van der Waals surface area contributed by atoms with Gasteiger partial charge in [0.05, 0.1) is 5.69 Å². The molecule has 1 aromatic rings. The van der Waals surface area contributed by atoms with Crippen molar-refractivity contribution in [3.63, 3.8) is 0 Å². The highest BCUT2D eigenvalue weighted by molar-refractivity contribution is 5.79. The second-order valence-corrected chi connectivity index (χ2v) is 6.21. The molecule has 2 heterocycles. The van der Waals surface area contributed by atoms with Crippen molar-refractivity contribution in [2.45, 2.75) is 52.1 Å². The van der Waals surface area contributed by atoms with Crippen molar-refractivity contribution in [2.24, 2.45) is 5.92 Å². The number of likely N-dealkylation sites (tertiary alicyclic amines) is 1. The van der Waals surface area contributed by atoms with Crippen molar-refractivity contribution >= 4 is 5.91 Å². The predicted molar refractivity (Wildman–Crippen MR) is 82.8 cm³/mol. The standard InChI is InChI=1S/C16H26N4O/c1-12(2)20-8-4-14(5-9-20)16(21)19-13(3)10-15-11-17-6-7-18-15/h6-7,11-14H,4-5,8-10H2,1-3H3,(H,19,21)/t13-/m0/s1. The van der Waals surface area contributed by atoms with Gasteiger partial charge >= 0.3 is 0 Å². The van der Waals surface area contributed by atoms with Crippen LogP contribution in [0, 0.1) is 5.92 Å². The summed E-state index contributed by atoms with van der Waals surface area (Å²) < 4.78 is 0. The normalized spacial score (nSPS) is 18.7. The van der Waals surface area contributed by atoms with E-state index in [2.05, 4.69) is 34.0 Å². The zero-order chi connectivity index (χ0) is 15.2. The molecule has 1 aromatic heterocycles. The SMILES string of the molecule is CC(C)N1CCC(C(=O)N[C@@H](C)Cc2cnccn2)CC1. The van der Waals surface area contributed by atoms with Gasteiger partial charge in [-0.3, -0.25) is 14.8 Å². The molecule has 5 nitrogen and oxygen atoms in total. The Hall–Kier alpha value is -1.49. The smallest absolute Gasteiger partial charge is 0.223 e. The predicted octanol–water partition coefficient (Wildman–Crippen LogP) is 1.64. The Morgan fingerprint density at radius 3 is 2.62 bits per heavy atom. The minimum absolute atomic E-state index is 0.0947. The van der Waals surface area contributed by atoms with Crippen LogP contribution in [0.15, 0.2) is 18.6 Å². The monoisotopic (exact) mass is 290 g/mol. The van der Waals surface area contributed by atoms with Crippen molar-refractivity contribution in [3.05, 3.63) is 24.3 Å². The zero-order valence-electron chi connectivity index (χ0n) is 13.2. The highest BCUT2D eigenvalue weighted by atomic mass is 16.1. The maximum absolute atomic E-state index is 12.3. The Bertz CT molecular complexity index is 441. The number of carbonyl (C=O) groups is 1. The Labute approximate surface area is 127 Å². The molecule has 1 atom stereocenters. The number of hydrogen-bond acceptors (Lipinski definition) is 4. The number of nitrogens with one attached hydrogen (secondary N) is 1. The number of amides is 1. The molecule has 2 rings (SSSR count). The molecule has 0 aliphatic carbocycles. The second-order valence-electron chi connectivity index (χ2n) is 6.21. The first kappa shape index (κ1) is 15.9. The molecule has 1 N–H and O–H groups in total. The van der Waals surface area contributed by atoms with Crippen molar-refractivity contribution in [2.75, 3.05) is 13.1 Å². The van der Waals surface area contributed by atoms with Gasteiger partial charge in [-0.2, -0.15) is 0 Å². The third-order valence-electron chi connectivity index (χ3n) is 4.15. The Morgan fingerprint density at radius 1 is 1.33 bits per heavy atom. The van der Waals surface area contributed by atoms with E-state index >= 15 is 0 Å². The number of carbonyl (C=O) groups excluding carboxylic acids is 1. The lowest BCUT2D eigenvalue weighted by Crippen LogP contribution is -2.45. The van der Waals surface area contributed by atoms with Gasteiger partial charge in [0, 0.05) is 43.0 Å². The van der Waals surface area contributed by atoms with Crippen LogP contribution < -0.4 is 5.32 Å². The van der Waals surface area contributed by atoms with E-state index in [9.17, 15) is 4.79 Å². The molecule has 0 radical (unpaired) electrons. The molecule has 5 heteroatoms. The van der Waals surface area contributed by atoms with E-state index in [1.807, 2.05) is 6.92 Å². The summed E-state index contributed by atoms with van der Waals surface area (Å²) in [5.41, 5.74) is 0.917. The minimum Gasteiger partial charge on any atom is -0.353 e. The lowest BCUT2D eigenvalue weighted by molar-refractivity contribution is -0.127. The van der Waals surface area contributed by atoms with Gasteiger partial charge < -0.3 is 10.2 Å². The summed E-state index contributed by atoms with van der Waals surface area (Å²) in [6.07, 6.45) is 7.75. The molecule has 0 spiro atoms. The van der Waals surface area contributed by atoms with E-state index in [-0.39, 0.29) is 17.9 Å². The number of aromatic nitrogens is 2. The van der Waals surface area contributed by atoms with Crippen molar-refractivity contribution in [1.29, 1.82) is 0 Å². The number of piperidine rings is 1. The zero-order valence-corrected chi connectivity index (χ0v) is 13.2. The van der Waals surface area contributed by atoms with E-state index in [0.717, 1.165) is 38.0 Å². The van der Waals surface area contributed by atoms with Gasteiger partial charge in [0.25, 0.3) is 0 Å². The van der Waals surface area contributed by atoms with E-state index in [4.69, 9.17) is 0 Å². The van der Waals surface area contributed by atoms with Crippen LogP contribution in [0.5, 0.6) is 0 Å². The molecule has 1 amide bonds. The first-order valence-electron chi connectivity index (χ1n) is 7.85. The van der Waals surface area contributed by atoms with Gasteiger partial charge in [-0.1, -0.05) is 0 Å². The lowest BCUT2D eigenvalue weighted by Gasteiger charge is -2.34. The quantitative estimate of drug-likeness (QED) is 0.896. The lowest BCUT2D eigenvalue weighted by atomic mass is 9.94. The average Bonchev–Trinajstić information content (AvgIpc) is 2.48. The maximum Gasteiger partial charge on any atom is 0.223 e. The van der Waals surface area contributed by atoms with E-state index < -0.39 is 0 Å². The molecule has 1 aliphatic heterocycles. The van der Waals surface area contributed by atoms with Gasteiger partial charge in [0.15, 0.2) is 0 Å². The maximum atomic E-state index is 12.3. The Kier molecular flexibility index (Phi) is 5.67. The molecule has 1 fully saturated rings. The van der Waals surface area contributed by atoms with Crippen LogP contribution in [-0.2, 0) is 11.2 Å². The number of hydrogen-bond donors (Lipinski definition) is 1. The third-order valence-corrected chi connectivity index (χ3v) is 4.15. The van der Waals surface area contributed by atoms with Crippen LogP contribution in [0.4, 0.5) is 0 Å². The van der Waals surface area contributed by atoms with Gasteiger partial charge in [0.1, 0.15) is 0 Å². The molecule has 0 saturated carbocycles.